The molecule has 5 nitrogen and oxygen atoms in total. The molecule has 0 fully saturated rings. The monoisotopic (exact) mass is 392 g/mol. The third-order valence-electron chi connectivity index (χ3n) is 3.37. The summed E-state index contributed by atoms with van der Waals surface area (Å²) >= 11 is 0. The summed E-state index contributed by atoms with van der Waals surface area (Å²) in [4.78, 5) is 23.3. The molecule has 1 amide bonds. The van der Waals surface area contributed by atoms with Crippen LogP contribution in [0.5, 0.6) is 0 Å². The zero-order chi connectivity index (χ0) is 20.6. The molecule has 0 bridgehead atoms. The second-order valence-corrected chi connectivity index (χ2v) is 5.36. The highest BCUT2D eigenvalue weighted by Gasteiger charge is 2.37. The number of carbonyl (C=O) groups is 2. The first-order chi connectivity index (χ1) is 12.3. The van der Waals surface area contributed by atoms with Crippen LogP contribution >= 0.6 is 0 Å². The van der Waals surface area contributed by atoms with Gasteiger partial charge in [-0.25, -0.2) is 4.79 Å². The van der Waals surface area contributed by atoms with Gasteiger partial charge >= 0.3 is 18.3 Å². The molecule has 0 aliphatic rings. The van der Waals surface area contributed by atoms with Crippen LogP contribution < -0.4 is 11.1 Å². The van der Waals surface area contributed by atoms with Crippen molar-refractivity contribution in [2.75, 3.05) is 11.1 Å². The second kappa shape index (κ2) is 6.82. The van der Waals surface area contributed by atoms with Gasteiger partial charge in [-0.1, -0.05) is 0 Å². The van der Waals surface area contributed by atoms with Crippen LogP contribution in [0.25, 0.3) is 0 Å². The third kappa shape index (κ3) is 4.68. The fourth-order valence-electron chi connectivity index (χ4n) is 2.13. The Morgan fingerprint density at radius 3 is 1.85 bits per heavy atom. The summed E-state index contributed by atoms with van der Waals surface area (Å²) in [6, 6.07) is 3.58. The van der Waals surface area contributed by atoms with Crippen LogP contribution in [0.3, 0.4) is 0 Å². The van der Waals surface area contributed by atoms with E-state index < -0.39 is 46.5 Å². The second-order valence-electron chi connectivity index (χ2n) is 5.36. The van der Waals surface area contributed by atoms with Gasteiger partial charge in [0.25, 0.3) is 5.91 Å². The van der Waals surface area contributed by atoms with Gasteiger partial charge in [0, 0.05) is 11.3 Å². The Morgan fingerprint density at radius 1 is 0.889 bits per heavy atom. The van der Waals surface area contributed by atoms with Gasteiger partial charge in [-0.2, -0.15) is 26.3 Å². The number of benzene rings is 2. The summed E-state index contributed by atoms with van der Waals surface area (Å²) in [5.74, 6) is -2.84. The number of aromatic carboxylic acids is 1. The van der Waals surface area contributed by atoms with E-state index in [0.29, 0.717) is 0 Å². The third-order valence-corrected chi connectivity index (χ3v) is 3.37. The normalized spacial score (nSPS) is 11.9. The van der Waals surface area contributed by atoms with Gasteiger partial charge in [0.15, 0.2) is 0 Å². The molecule has 27 heavy (non-hydrogen) atoms. The number of nitrogens with one attached hydrogen (secondary N) is 1. The quantitative estimate of drug-likeness (QED) is 0.538. The number of nitrogen functional groups attached to an aromatic ring is 1. The lowest BCUT2D eigenvalue weighted by Crippen LogP contribution is -2.18. The summed E-state index contributed by atoms with van der Waals surface area (Å²) in [7, 11) is 0. The maximum Gasteiger partial charge on any atom is 0.416 e. The number of carboxylic acids is 1. The molecule has 0 aliphatic heterocycles. The number of carbonyl (C=O) groups excluding carboxylic acids is 1. The molecule has 2 aromatic carbocycles. The summed E-state index contributed by atoms with van der Waals surface area (Å²) in [6.07, 6.45) is -10.3. The molecule has 0 saturated heterocycles. The van der Waals surface area contributed by atoms with Crippen molar-refractivity contribution in [3.05, 3.63) is 58.7 Å². The minimum absolute atomic E-state index is 0.0234. The number of anilines is 2. The molecule has 0 unspecified atom stereocenters. The molecule has 2 rings (SSSR count). The zero-order valence-electron chi connectivity index (χ0n) is 13.1. The van der Waals surface area contributed by atoms with Crippen molar-refractivity contribution < 1.29 is 41.0 Å². The average Bonchev–Trinajstić information content (AvgIpc) is 2.52. The van der Waals surface area contributed by atoms with E-state index in [9.17, 15) is 35.9 Å². The van der Waals surface area contributed by atoms with Crippen LogP contribution in [-0.4, -0.2) is 17.0 Å². The van der Waals surface area contributed by atoms with Crippen molar-refractivity contribution in [1.29, 1.82) is 0 Å². The van der Waals surface area contributed by atoms with E-state index in [2.05, 4.69) is 0 Å². The van der Waals surface area contributed by atoms with Gasteiger partial charge < -0.3 is 16.2 Å². The fraction of sp³-hybridized carbons (Fsp3) is 0.125. The maximum absolute atomic E-state index is 12.9. The van der Waals surface area contributed by atoms with Gasteiger partial charge in [-0.3, -0.25) is 4.79 Å². The van der Waals surface area contributed by atoms with E-state index in [1.54, 1.807) is 0 Å². The highest BCUT2D eigenvalue weighted by molar-refractivity contribution is 6.08. The maximum atomic E-state index is 12.9. The average molecular weight is 392 g/mol. The molecule has 0 heterocycles. The molecule has 0 saturated carbocycles. The lowest BCUT2D eigenvalue weighted by atomic mass is 10.0. The number of halogens is 6. The predicted molar refractivity (Wildman–Crippen MR) is 82.2 cm³/mol. The van der Waals surface area contributed by atoms with Crippen molar-refractivity contribution in [3.63, 3.8) is 0 Å². The Labute approximate surface area is 147 Å². The lowest BCUT2D eigenvalue weighted by Gasteiger charge is -2.15. The van der Waals surface area contributed by atoms with Gasteiger partial charge in [0.2, 0.25) is 0 Å². The first-order valence-corrected chi connectivity index (χ1v) is 7.02. The van der Waals surface area contributed by atoms with E-state index >= 15 is 0 Å². The van der Waals surface area contributed by atoms with E-state index in [1.807, 2.05) is 5.32 Å². The number of nitrogens with two attached hydrogens (primary N) is 1. The Bertz CT molecular complexity index is 874. The van der Waals surface area contributed by atoms with Crippen LogP contribution in [-0.2, 0) is 12.4 Å². The van der Waals surface area contributed by atoms with Crippen LogP contribution in [0.1, 0.15) is 31.8 Å². The Kier molecular flexibility index (Phi) is 5.07. The predicted octanol–water partition coefficient (Wildman–Crippen LogP) is 4.26. The van der Waals surface area contributed by atoms with Gasteiger partial charge in [0.1, 0.15) is 0 Å². The van der Waals surface area contributed by atoms with Crippen LogP contribution in [0.4, 0.5) is 37.7 Å². The molecule has 0 aromatic heterocycles. The van der Waals surface area contributed by atoms with E-state index in [4.69, 9.17) is 10.8 Å². The van der Waals surface area contributed by atoms with Crippen LogP contribution in [0.15, 0.2) is 36.4 Å². The summed E-state index contributed by atoms with van der Waals surface area (Å²) in [5.41, 5.74) is 0.372. The van der Waals surface area contributed by atoms with Gasteiger partial charge in [-0.15, -0.1) is 0 Å². The lowest BCUT2D eigenvalue weighted by molar-refractivity contribution is -0.143. The molecule has 0 atom stereocenters. The van der Waals surface area contributed by atoms with Crippen molar-refractivity contribution in [1.82, 2.24) is 0 Å². The minimum Gasteiger partial charge on any atom is -0.478 e. The van der Waals surface area contributed by atoms with E-state index in [0.717, 1.165) is 12.1 Å². The number of amides is 1. The summed E-state index contributed by atoms with van der Waals surface area (Å²) < 4.78 is 77.1. The molecule has 2 aromatic rings. The van der Waals surface area contributed by atoms with Crippen molar-refractivity contribution >= 4 is 23.3 Å². The molecular formula is C16H10F6N2O3. The summed E-state index contributed by atoms with van der Waals surface area (Å²) in [6.45, 7) is 0. The minimum atomic E-state index is -5.13. The Balaban J connectivity index is 2.51. The van der Waals surface area contributed by atoms with Crippen molar-refractivity contribution in [3.8, 4) is 0 Å². The molecule has 0 spiro atoms. The topological polar surface area (TPSA) is 92.4 Å². The molecule has 0 radical (unpaired) electrons. The smallest absolute Gasteiger partial charge is 0.416 e. The highest BCUT2D eigenvalue weighted by Crippen LogP contribution is 2.36. The number of alkyl halides is 6. The van der Waals surface area contributed by atoms with Crippen molar-refractivity contribution in [2.45, 2.75) is 12.4 Å². The first kappa shape index (κ1) is 20.1. The van der Waals surface area contributed by atoms with E-state index in [1.165, 1.54) is 6.07 Å². The number of carboxylic acid groups (broad SMARTS) is 1. The number of hydrogen-bond donors (Lipinski definition) is 3. The largest absolute Gasteiger partial charge is 0.478 e. The molecule has 4 N–H and O–H groups in total. The molecule has 0 aliphatic carbocycles. The van der Waals surface area contributed by atoms with Crippen LogP contribution in [0.2, 0.25) is 0 Å². The molecule has 144 valence electrons. The van der Waals surface area contributed by atoms with E-state index in [-0.39, 0.29) is 29.6 Å². The number of rotatable bonds is 3. The Morgan fingerprint density at radius 2 is 1.41 bits per heavy atom. The Hall–Kier alpha value is -3.24. The van der Waals surface area contributed by atoms with Gasteiger partial charge in [-0.05, 0) is 36.4 Å². The van der Waals surface area contributed by atoms with Crippen LogP contribution in [0, 0.1) is 0 Å². The molecular weight excluding hydrogens is 382 g/mol. The summed E-state index contributed by atoms with van der Waals surface area (Å²) in [5, 5.41) is 11.0. The van der Waals surface area contributed by atoms with Gasteiger partial charge in [0.05, 0.1) is 22.4 Å². The number of hydrogen-bond acceptors (Lipinski definition) is 3. The zero-order valence-corrected chi connectivity index (χ0v) is 13.1. The standard InChI is InChI=1S/C16H10F6N2O3/c17-15(18,19)8-3-7(4-9(5-8)16(20,21)22)13(25)24-12-6-10(23)1-2-11(12)14(26)27/h1-6H,23H2,(H,24,25)(H,26,27). The van der Waals surface area contributed by atoms with Crippen molar-refractivity contribution in [2.24, 2.45) is 0 Å². The highest BCUT2D eigenvalue weighted by atomic mass is 19.4. The fourth-order valence-corrected chi connectivity index (χ4v) is 2.13. The SMILES string of the molecule is Nc1ccc(C(=O)O)c(NC(=O)c2cc(C(F)(F)F)cc(C(F)(F)F)c2)c1. The first-order valence-electron chi connectivity index (χ1n) is 7.02. The molecule has 11 heteroatoms.